The summed E-state index contributed by atoms with van der Waals surface area (Å²) in [6, 6.07) is 18.4. The molecule has 0 spiro atoms. The van der Waals surface area contributed by atoms with Crippen LogP contribution in [0.1, 0.15) is 31.7 Å². The molecule has 0 saturated carbocycles. The summed E-state index contributed by atoms with van der Waals surface area (Å²) in [5.74, 6) is -1.29. The molecular weight excluding hydrogens is 392 g/mol. The van der Waals surface area contributed by atoms with Gasteiger partial charge in [-0.05, 0) is 40.8 Å². The molecule has 0 aromatic heterocycles. The molecule has 1 atom stereocenters. The Balaban J connectivity index is 1.98. The smallest absolute Gasteiger partial charge is 0.341 e. The van der Waals surface area contributed by atoms with Crippen molar-refractivity contribution < 1.29 is 19.4 Å². The molecule has 3 aromatic carbocycles. The van der Waals surface area contributed by atoms with E-state index in [1.807, 2.05) is 42.5 Å². The van der Waals surface area contributed by atoms with Gasteiger partial charge in [-0.2, -0.15) is 0 Å². The van der Waals surface area contributed by atoms with Crippen LogP contribution in [0.25, 0.3) is 15.6 Å². The summed E-state index contributed by atoms with van der Waals surface area (Å²) >= 11 is 0. The molecule has 31 heavy (non-hydrogen) atoms. The Hall–Kier alpha value is -3.85. The number of amides is 1. The van der Waals surface area contributed by atoms with Gasteiger partial charge in [-0.25, -0.2) is 9.64 Å². The predicted octanol–water partition coefficient (Wildman–Crippen LogP) is 5.62. The third kappa shape index (κ3) is 5.40. The summed E-state index contributed by atoms with van der Waals surface area (Å²) in [5.41, 5.74) is 1.54. The van der Waals surface area contributed by atoms with E-state index in [-0.39, 0.29) is 23.3 Å². The molecule has 6 nitrogen and oxygen atoms in total. The van der Waals surface area contributed by atoms with Gasteiger partial charge in [-0.3, -0.25) is 4.79 Å². The second-order valence-corrected chi connectivity index (χ2v) is 7.71. The molecule has 3 aromatic rings. The number of carbonyl (C=O) groups is 2. The minimum atomic E-state index is -1.13. The molecule has 0 bridgehead atoms. The average molecular weight is 416 g/mol. The van der Waals surface area contributed by atoms with Crippen LogP contribution in [-0.4, -0.2) is 23.6 Å². The third-order valence-corrected chi connectivity index (χ3v) is 4.92. The zero-order valence-corrected chi connectivity index (χ0v) is 17.5. The molecule has 3 rings (SSSR count). The van der Waals surface area contributed by atoms with Gasteiger partial charge in [0.25, 0.3) is 0 Å². The van der Waals surface area contributed by atoms with Crippen molar-refractivity contribution in [2.45, 2.75) is 26.2 Å². The van der Waals surface area contributed by atoms with E-state index in [9.17, 15) is 9.59 Å². The van der Waals surface area contributed by atoms with Crippen molar-refractivity contribution in [1.82, 2.24) is 0 Å². The topological polar surface area (TPSA) is 80.0 Å². The van der Waals surface area contributed by atoms with Crippen molar-refractivity contribution in [3.63, 3.8) is 0 Å². The number of benzene rings is 3. The number of carboxylic acid groups (broad SMARTS) is 1. The van der Waals surface area contributed by atoms with E-state index in [1.54, 1.807) is 0 Å². The Morgan fingerprint density at radius 2 is 1.84 bits per heavy atom. The van der Waals surface area contributed by atoms with Crippen LogP contribution >= 0.6 is 0 Å². The Bertz CT molecular complexity index is 1140. The van der Waals surface area contributed by atoms with Crippen molar-refractivity contribution in [2.75, 3.05) is 11.9 Å². The minimum Gasteiger partial charge on any atom is -0.480 e. The second kappa shape index (κ2) is 9.77. The van der Waals surface area contributed by atoms with Crippen LogP contribution in [0.3, 0.4) is 0 Å². The van der Waals surface area contributed by atoms with Crippen LogP contribution in [0.15, 0.2) is 60.7 Å². The first-order valence-corrected chi connectivity index (χ1v) is 10.0. The van der Waals surface area contributed by atoms with E-state index < -0.39 is 18.5 Å². The van der Waals surface area contributed by atoms with Crippen LogP contribution in [0.2, 0.25) is 0 Å². The zero-order chi connectivity index (χ0) is 22.4. The number of nitrogens with one attached hydrogen (secondary N) is 1. The summed E-state index contributed by atoms with van der Waals surface area (Å²) in [4.78, 5) is 27.7. The normalized spacial score (nSPS) is 11.7. The maximum atomic E-state index is 13.4. The number of carboxylic acids is 1. The molecule has 0 heterocycles. The number of hydrogen-bond acceptors (Lipinski definition) is 3. The van der Waals surface area contributed by atoms with Crippen molar-refractivity contribution in [1.29, 1.82) is 0 Å². The molecule has 0 fully saturated rings. The Morgan fingerprint density at radius 3 is 2.55 bits per heavy atom. The highest BCUT2D eigenvalue weighted by atomic mass is 16.5. The highest BCUT2D eigenvalue weighted by Crippen LogP contribution is 2.34. The molecule has 1 unspecified atom stereocenters. The SMILES string of the molecule is [C-]#[N+]c1ccc(OCC(=O)O)c(NC(=O)C(CC(C)C)c2cccc3ccccc23)c1. The summed E-state index contributed by atoms with van der Waals surface area (Å²) < 4.78 is 5.32. The van der Waals surface area contributed by atoms with Crippen LogP contribution in [0.5, 0.6) is 5.75 Å². The first-order valence-electron chi connectivity index (χ1n) is 10.0. The van der Waals surface area contributed by atoms with E-state index in [2.05, 4.69) is 24.0 Å². The molecule has 0 aliphatic carbocycles. The number of fused-ring (bicyclic) bond motifs is 1. The minimum absolute atomic E-state index is 0.212. The van der Waals surface area contributed by atoms with E-state index in [1.165, 1.54) is 18.2 Å². The van der Waals surface area contributed by atoms with Gasteiger partial charge in [0, 0.05) is 0 Å². The Morgan fingerprint density at radius 1 is 1.10 bits per heavy atom. The monoisotopic (exact) mass is 416 g/mol. The Kier molecular flexibility index (Phi) is 6.88. The van der Waals surface area contributed by atoms with Crippen LogP contribution < -0.4 is 10.1 Å². The number of nitrogens with zero attached hydrogens (tertiary/aromatic N) is 1. The molecular formula is C25H24N2O4. The fourth-order valence-corrected chi connectivity index (χ4v) is 3.57. The van der Waals surface area contributed by atoms with Crippen molar-refractivity contribution in [2.24, 2.45) is 5.92 Å². The highest BCUT2D eigenvalue weighted by molar-refractivity contribution is 6.00. The fourth-order valence-electron chi connectivity index (χ4n) is 3.57. The first-order chi connectivity index (χ1) is 14.9. The summed E-state index contributed by atoms with van der Waals surface area (Å²) in [6.07, 6.45) is 0.633. The molecule has 0 radical (unpaired) electrons. The van der Waals surface area contributed by atoms with Gasteiger partial charge < -0.3 is 15.2 Å². The maximum absolute atomic E-state index is 13.4. The quantitative estimate of drug-likeness (QED) is 0.467. The molecule has 158 valence electrons. The van der Waals surface area contributed by atoms with Crippen LogP contribution in [0, 0.1) is 12.5 Å². The average Bonchev–Trinajstić information content (AvgIpc) is 2.76. The van der Waals surface area contributed by atoms with Gasteiger partial charge in [0.1, 0.15) is 5.75 Å². The Labute approximate surface area is 181 Å². The van der Waals surface area contributed by atoms with Gasteiger partial charge in [-0.15, -0.1) is 0 Å². The number of aliphatic carboxylic acids is 1. The van der Waals surface area contributed by atoms with E-state index in [0.717, 1.165) is 16.3 Å². The number of anilines is 1. The number of carbonyl (C=O) groups excluding carboxylic acids is 1. The standard InChI is InChI=1S/C25H24N2O4/c1-16(2)13-21(20-10-6-8-17-7-4-5-9-19(17)20)25(30)27-22-14-18(26-3)11-12-23(22)31-15-24(28)29/h4-12,14,16,21H,13,15H2,1-2H3,(H,27,30)(H,28,29). The summed E-state index contributed by atoms with van der Waals surface area (Å²) in [5, 5.41) is 13.9. The fraction of sp³-hybridized carbons (Fsp3) is 0.240. The molecule has 2 N–H and O–H groups in total. The summed E-state index contributed by atoms with van der Waals surface area (Å²) in [6.45, 7) is 10.8. The zero-order valence-electron chi connectivity index (χ0n) is 17.5. The van der Waals surface area contributed by atoms with Crippen LogP contribution in [-0.2, 0) is 9.59 Å². The third-order valence-electron chi connectivity index (χ3n) is 4.92. The lowest BCUT2D eigenvalue weighted by molar-refractivity contribution is -0.139. The van der Waals surface area contributed by atoms with E-state index in [4.69, 9.17) is 16.4 Å². The van der Waals surface area contributed by atoms with Crippen molar-refractivity contribution in [3.8, 4) is 5.75 Å². The lowest BCUT2D eigenvalue weighted by atomic mass is 9.86. The lowest BCUT2D eigenvalue weighted by Gasteiger charge is -2.22. The van der Waals surface area contributed by atoms with Gasteiger partial charge >= 0.3 is 5.97 Å². The molecule has 6 heteroatoms. The van der Waals surface area contributed by atoms with Gasteiger partial charge in [0.05, 0.1) is 18.2 Å². The highest BCUT2D eigenvalue weighted by Gasteiger charge is 2.25. The second-order valence-electron chi connectivity index (χ2n) is 7.71. The predicted molar refractivity (Wildman–Crippen MR) is 121 cm³/mol. The largest absolute Gasteiger partial charge is 0.480 e. The maximum Gasteiger partial charge on any atom is 0.341 e. The van der Waals surface area contributed by atoms with Gasteiger partial charge in [0.2, 0.25) is 5.91 Å². The van der Waals surface area contributed by atoms with Crippen molar-refractivity contribution in [3.05, 3.63) is 77.6 Å². The lowest BCUT2D eigenvalue weighted by Crippen LogP contribution is -2.23. The molecule has 1 amide bonds. The number of rotatable bonds is 8. The molecule has 0 saturated heterocycles. The van der Waals surface area contributed by atoms with E-state index in [0.29, 0.717) is 12.1 Å². The molecule has 0 aliphatic rings. The van der Waals surface area contributed by atoms with E-state index >= 15 is 0 Å². The molecule has 0 aliphatic heterocycles. The van der Waals surface area contributed by atoms with Gasteiger partial charge in [-0.1, -0.05) is 62.4 Å². The first kappa shape index (κ1) is 21.8. The van der Waals surface area contributed by atoms with Crippen LogP contribution in [0.4, 0.5) is 11.4 Å². The van der Waals surface area contributed by atoms with Crippen molar-refractivity contribution >= 4 is 34.0 Å². The number of hydrogen-bond donors (Lipinski definition) is 2. The van der Waals surface area contributed by atoms with Gasteiger partial charge in [0.15, 0.2) is 12.3 Å². The number of ether oxygens (including phenoxy) is 1. The summed E-state index contributed by atoms with van der Waals surface area (Å²) in [7, 11) is 0.